The highest BCUT2D eigenvalue weighted by molar-refractivity contribution is 5.82. The lowest BCUT2D eigenvalue weighted by atomic mass is 9.47. The summed E-state index contributed by atoms with van der Waals surface area (Å²) in [6.45, 7) is 27.8. The van der Waals surface area contributed by atoms with Crippen LogP contribution >= 0.6 is 0 Å². The summed E-state index contributed by atoms with van der Waals surface area (Å²) in [4.78, 5) is 85.6. The van der Waals surface area contributed by atoms with Crippen molar-refractivity contribution >= 4 is 36.4 Å². The summed E-state index contributed by atoms with van der Waals surface area (Å²) in [6, 6.07) is 0. The van der Waals surface area contributed by atoms with Crippen LogP contribution in [0.15, 0.2) is 11.6 Å². The van der Waals surface area contributed by atoms with E-state index in [9.17, 15) is 28.8 Å². The van der Waals surface area contributed by atoms with E-state index in [4.69, 9.17) is 23.7 Å². The van der Waals surface area contributed by atoms with Gasteiger partial charge in [-0.3, -0.25) is 4.79 Å². The van der Waals surface area contributed by atoms with Crippen molar-refractivity contribution in [1.82, 2.24) is 30.2 Å². The molecule has 17 heteroatoms. The lowest BCUT2D eigenvalue weighted by Gasteiger charge is -2.58. The number of carbonyl (C=O) groups excluding carboxylic acids is 6. The Bertz CT molecular complexity index is 1900. The van der Waals surface area contributed by atoms with Crippen LogP contribution in [-0.4, -0.2) is 151 Å². The molecule has 73 heavy (non-hydrogen) atoms. The Kier molecular flexibility index (Phi) is 20.3. The third-order valence-corrected chi connectivity index (χ3v) is 16.4. The number of fused-ring (bicyclic) bond motifs is 5. The van der Waals surface area contributed by atoms with Crippen LogP contribution in [0.25, 0.3) is 0 Å². The van der Waals surface area contributed by atoms with Gasteiger partial charge in [0, 0.05) is 58.8 Å². The minimum atomic E-state index is -0.854. The van der Waals surface area contributed by atoms with E-state index in [-0.39, 0.29) is 77.0 Å². The zero-order valence-corrected chi connectivity index (χ0v) is 47.5. The first-order valence-electron chi connectivity index (χ1n) is 27.7. The van der Waals surface area contributed by atoms with E-state index in [1.165, 1.54) is 70.1 Å². The Hall–Kier alpha value is -4.44. The Morgan fingerprint density at radius 1 is 0.644 bits per heavy atom. The molecular formula is C56H96N6O11. The minimum Gasteiger partial charge on any atom is -0.448 e. The van der Waals surface area contributed by atoms with Crippen molar-refractivity contribution in [3.63, 3.8) is 0 Å². The van der Waals surface area contributed by atoms with Gasteiger partial charge in [0.15, 0.2) is 0 Å². The topological polar surface area (TPSA) is 186 Å². The number of hydrogen-bond acceptors (Lipinski definition) is 11. The van der Waals surface area contributed by atoms with Crippen molar-refractivity contribution in [2.24, 2.45) is 46.3 Å². The summed E-state index contributed by atoms with van der Waals surface area (Å²) in [5.74, 6) is 4.09. The second-order valence-corrected chi connectivity index (χ2v) is 25.8. The smallest absolute Gasteiger partial charge is 0.410 e. The summed E-state index contributed by atoms with van der Waals surface area (Å²) in [7, 11) is 0. The number of allylic oxidation sites excluding steroid dienone is 1. The van der Waals surface area contributed by atoms with Gasteiger partial charge in [-0.15, -0.1) is 0 Å². The van der Waals surface area contributed by atoms with Crippen molar-refractivity contribution in [1.29, 1.82) is 0 Å². The third kappa shape index (κ3) is 17.0. The van der Waals surface area contributed by atoms with Crippen molar-refractivity contribution in [3.05, 3.63) is 11.6 Å². The fourth-order valence-corrected chi connectivity index (χ4v) is 12.7. The van der Waals surface area contributed by atoms with Gasteiger partial charge in [0.05, 0.1) is 6.54 Å². The fraction of sp³-hybridized carbons (Fsp3) is 0.857. The molecule has 1 heterocycles. The van der Waals surface area contributed by atoms with Crippen molar-refractivity contribution < 1.29 is 52.5 Å². The summed E-state index contributed by atoms with van der Waals surface area (Å²) in [5, 5.41) is 5.22. The molecule has 0 bridgehead atoms. The van der Waals surface area contributed by atoms with Gasteiger partial charge in [-0.05, 0) is 154 Å². The summed E-state index contributed by atoms with van der Waals surface area (Å²) in [6.07, 6.45) is 12.1. The van der Waals surface area contributed by atoms with Crippen LogP contribution in [0.2, 0.25) is 0 Å². The maximum absolute atomic E-state index is 13.8. The molecule has 2 N–H and O–H groups in total. The Morgan fingerprint density at radius 2 is 1.16 bits per heavy atom. The molecule has 416 valence electrons. The maximum atomic E-state index is 13.8. The van der Waals surface area contributed by atoms with Gasteiger partial charge >= 0.3 is 30.5 Å². The third-order valence-electron chi connectivity index (χ3n) is 16.4. The number of alkyl carbamates (subject to hydrolysis) is 2. The molecule has 0 spiro atoms. The van der Waals surface area contributed by atoms with Crippen LogP contribution in [0.5, 0.6) is 0 Å². The molecule has 8 atom stereocenters. The van der Waals surface area contributed by atoms with E-state index < -0.39 is 59.7 Å². The molecule has 17 nitrogen and oxygen atoms in total. The average molecular weight is 1030 g/mol. The number of carbonyl (C=O) groups is 6. The molecule has 0 aromatic heterocycles. The van der Waals surface area contributed by atoms with Gasteiger partial charge in [-0.2, -0.15) is 0 Å². The van der Waals surface area contributed by atoms with Crippen LogP contribution in [0, 0.1) is 46.3 Å². The van der Waals surface area contributed by atoms with Gasteiger partial charge in [-0.25, -0.2) is 24.0 Å². The molecular weight excluding hydrogens is 933 g/mol. The average Bonchev–Trinajstić information content (AvgIpc) is 3.62. The van der Waals surface area contributed by atoms with Crippen molar-refractivity contribution in [2.75, 3.05) is 72.1 Å². The molecule has 5 rings (SSSR count). The molecule has 1 aliphatic heterocycles. The molecule has 8 unspecified atom stereocenters. The van der Waals surface area contributed by atoms with E-state index in [1.54, 1.807) is 62.3 Å². The minimum absolute atomic E-state index is 0.0205. The SMILES string of the molecule is CC(C)CCCC(C)C1CCC2C3CC=C4CC(OC(=O)NCCOC(=O)NCC(=O)N5CCN(C(=O)OC(C)(C)C)CCN(C(=O)OC(C)(C)C)CCN(C(=O)OC(C)(C)C)CC5)CCC4(C)C3CCC12C. The summed E-state index contributed by atoms with van der Waals surface area (Å²) in [5.41, 5.74) is -0.382. The number of ether oxygens (including phenoxy) is 5. The Balaban J connectivity index is 1.10. The first kappa shape index (κ1) is 59.4. The quantitative estimate of drug-likeness (QED) is 0.114. The number of nitrogens with one attached hydrogen (secondary N) is 2. The summed E-state index contributed by atoms with van der Waals surface area (Å²) >= 11 is 0. The number of nitrogens with zero attached hydrogens (tertiary/aromatic N) is 4. The normalized spacial score (nSPS) is 27.7. The predicted molar refractivity (Wildman–Crippen MR) is 281 cm³/mol. The van der Waals surface area contributed by atoms with E-state index in [1.807, 2.05) is 0 Å². The molecule has 0 radical (unpaired) electrons. The van der Waals surface area contributed by atoms with Gasteiger partial charge in [0.25, 0.3) is 0 Å². The number of amides is 6. The van der Waals surface area contributed by atoms with Gasteiger partial charge in [-0.1, -0.05) is 65.5 Å². The second kappa shape index (κ2) is 24.9. The van der Waals surface area contributed by atoms with Crippen LogP contribution in [0.4, 0.5) is 24.0 Å². The molecule has 3 saturated carbocycles. The largest absolute Gasteiger partial charge is 0.448 e. The fourth-order valence-electron chi connectivity index (χ4n) is 12.7. The van der Waals surface area contributed by atoms with Crippen LogP contribution in [-0.2, 0) is 28.5 Å². The van der Waals surface area contributed by atoms with E-state index in [0.717, 1.165) is 55.3 Å². The first-order valence-corrected chi connectivity index (χ1v) is 27.7. The first-order chi connectivity index (χ1) is 34.0. The van der Waals surface area contributed by atoms with E-state index in [2.05, 4.69) is 51.3 Å². The predicted octanol–water partition coefficient (Wildman–Crippen LogP) is 10.4. The van der Waals surface area contributed by atoms with Crippen LogP contribution < -0.4 is 10.6 Å². The van der Waals surface area contributed by atoms with E-state index >= 15 is 0 Å². The zero-order chi connectivity index (χ0) is 54.1. The monoisotopic (exact) mass is 1030 g/mol. The van der Waals surface area contributed by atoms with Crippen LogP contribution in [0.1, 0.15) is 168 Å². The van der Waals surface area contributed by atoms with Crippen LogP contribution in [0.3, 0.4) is 0 Å². The maximum Gasteiger partial charge on any atom is 0.410 e. The Labute approximate surface area is 438 Å². The number of hydrogen-bond donors (Lipinski definition) is 2. The molecule has 0 aromatic rings. The lowest BCUT2D eigenvalue weighted by Crippen LogP contribution is -2.53. The highest BCUT2D eigenvalue weighted by atomic mass is 16.6. The van der Waals surface area contributed by atoms with Crippen molar-refractivity contribution in [3.8, 4) is 0 Å². The molecule has 5 aliphatic rings. The van der Waals surface area contributed by atoms with E-state index in [0.29, 0.717) is 11.3 Å². The highest BCUT2D eigenvalue weighted by Crippen LogP contribution is 2.67. The molecule has 6 amide bonds. The van der Waals surface area contributed by atoms with Gasteiger partial charge in [0.2, 0.25) is 5.91 Å². The lowest BCUT2D eigenvalue weighted by molar-refractivity contribution is -0.130. The van der Waals surface area contributed by atoms with Crippen molar-refractivity contribution in [2.45, 2.75) is 190 Å². The molecule has 1 saturated heterocycles. The van der Waals surface area contributed by atoms with Gasteiger partial charge < -0.3 is 53.9 Å². The molecule has 4 aliphatic carbocycles. The molecule has 4 fully saturated rings. The number of rotatable bonds is 11. The second-order valence-electron chi connectivity index (χ2n) is 25.8. The van der Waals surface area contributed by atoms with Gasteiger partial charge in [0.1, 0.15) is 36.1 Å². The Morgan fingerprint density at radius 3 is 1.67 bits per heavy atom. The standard InChI is InChI=1S/C56H96N6O11/c1-38(2)16-15-17-39(3)43-20-21-44-42-19-18-40-36-41(22-24-55(40,13)45(42)23-25-56(43,44)14)70-48(65)57-26-35-69-47(64)58-37-46(63)59-27-29-60(49(66)71-52(4,5)6)31-33-62(51(68)73-54(10,11)12)34-32-61(30-28-59)50(67)72-53(7,8)9/h18,38-39,41-45H,15-17,19-37H2,1-14H3,(H,57,65)(H,58,64). The highest BCUT2D eigenvalue weighted by Gasteiger charge is 2.59. The summed E-state index contributed by atoms with van der Waals surface area (Å²) < 4.78 is 28.3. The molecule has 0 aromatic carbocycles. The zero-order valence-electron chi connectivity index (χ0n) is 47.5.